The summed E-state index contributed by atoms with van der Waals surface area (Å²) in [5, 5.41) is 14.2. The maximum absolute atomic E-state index is 12.8. The molecular formula is C15H14BrFN2O. The second kappa shape index (κ2) is 6.52. The molecule has 104 valence electrons. The van der Waals surface area contributed by atoms with Gasteiger partial charge in [0.1, 0.15) is 11.6 Å². The minimum absolute atomic E-state index is 0.167. The number of halogens is 2. The lowest BCUT2D eigenvalue weighted by atomic mass is 10.1. The molecule has 2 N–H and O–H groups in total. The van der Waals surface area contributed by atoms with Gasteiger partial charge >= 0.3 is 0 Å². The van der Waals surface area contributed by atoms with Crippen molar-refractivity contribution in [3.05, 3.63) is 58.3 Å². The van der Waals surface area contributed by atoms with Gasteiger partial charge in [0.2, 0.25) is 0 Å². The fourth-order valence-corrected chi connectivity index (χ4v) is 2.08. The van der Waals surface area contributed by atoms with Gasteiger partial charge in [0.25, 0.3) is 0 Å². The monoisotopic (exact) mass is 336 g/mol. The van der Waals surface area contributed by atoms with Crippen LogP contribution in [0.25, 0.3) is 0 Å². The molecule has 0 bridgehead atoms. The van der Waals surface area contributed by atoms with Crippen LogP contribution in [0, 0.1) is 5.82 Å². The molecule has 0 aliphatic carbocycles. The van der Waals surface area contributed by atoms with Crippen LogP contribution in [0.2, 0.25) is 0 Å². The normalized spacial score (nSPS) is 11.4. The molecule has 0 aliphatic rings. The van der Waals surface area contributed by atoms with Crippen LogP contribution in [0.5, 0.6) is 5.75 Å². The van der Waals surface area contributed by atoms with Gasteiger partial charge in [0.15, 0.2) is 0 Å². The molecule has 5 heteroatoms. The topological polar surface area (TPSA) is 44.6 Å². The SMILES string of the molecule is CC/C(=N/Nc1ccc(F)cc1)c1ccc(Br)cc1O. The summed E-state index contributed by atoms with van der Waals surface area (Å²) >= 11 is 3.30. The van der Waals surface area contributed by atoms with Gasteiger partial charge in [-0.05, 0) is 48.9 Å². The smallest absolute Gasteiger partial charge is 0.125 e. The number of anilines is 1. The zero-order valence-electron chi connectivity index (χ0n) is 10.9. The van der Waals surface area contributed by atoms with E-state index in [9.17, 15) is 9.50 Å². The maximum atomic E-state index is 12.8. The number of nitrogens with one attached hydrogen (secondary N) is 1. The van der Waals surface area contributed by atoms with Crippen molar-refractivity contribution in [1.82, 2.24) is 0 Å². The van der Waals surface area contributed by atoms with E-state index >= 15 is 0 Å². The first-order valence-corrected chi connectivity index (χ1v) is 6.96. The molecule has 0 unspecified atom stereocenters. The summed E-state index contributed by atoms with van der Waals surface area (Å²) in [5.74, 6) is -0.123. The summed E-state index contributed by atoms with van der Waals surface area (Å²) in [4.78, 5) is 0. The van der Waals surface area contributed by atoms with Gasteiger partial charge in [-0.1, -0.05) is 22.9 Å². The Balaban J connectivity index is 2.23. The molecule has 0 saturated heterocycles. The van der Waals surface area contributed by atoms with E-state index in [1.54, 1.807) is 24.3 Å². The van der Waals surface area contributed by atoms with Crippen molar-refractivity contribution >= 4 is 27.3 Å². The summed E-state index contributed by atoms with van der Waals surface area (Å²) < 4.78 is 13.6. The highest BCUT2D eigenvalue weighted by Gasteiger charge is 2.08. The molecule has 2 aromatic carbocycles. The number of phenols is 1. The molecule has 3 nitrogen and oxygen atoms in total. The summed E-state index contributed by atoms with van der Waals surface area (Å²) in [5.41, 5.74) is 4.94. The Morgan fingerprint density at radius 3 is 2.55 bits per heavy atom. The predicted molar refractivity (Wildman–Crippen MR) is 82.7 cm³/mol. The van der Waals surface area contributed by atoms with Crippen molar-refractivity contribution in [3.63, 3.8) is 0 Å². The van der Waals surface area contributed by atoms with Crippen molar-refractivity contribution in [2.75, 3.05) is 5.43 Å². The quantitative estimate of drug-likeness (QED) is 0.636. The third-order valence-electron chi connectivity index (χ3n) is 2.77. The first kappa shape index (κ1) is 14.5. The Kier molecular flexibility index (Phi) is 4.74. The summed E-state index contributed by atoms with van der Waals surface area (Å²) in [6.45, 7) is 1.95. The molecule has 2 aromatic rings. The zero-order chi connectivity index (χ0) is 14.5. The van der Waals surface area contributed by atoms with Gasteiger partial charge in [-0.2, -0.15) is 5.10 Å². The number of rotatable bonds is 4. The number of nitrogens with zero attached hydrogens (tertiary/aromatic N) is 1. The molecule has 0 heterocycles. The van der Waals surface area contributed by atoms with Crippen LogP contribution in [-0.2, 0) is 0 Å². The van der Waals surface area contributed by atoms with Gasteiger partial charge in [-0.25, -0.2) is 4.39 Å². The Morgan fingerprint density at radius 1 is 1.25 bits per heavy atom. The van der Waals surface area contributed by atoms with Gasteiger partial charge in [-0.15, -0.1) is 0 Å². The Hall–Kier alpha value is -1.88. The van der Waals surface area contributed by atoms with E-state index in [0.717, 1.165) is 10.2 Å². The molecule has 0 saturated carbocycles. The van der Waals surface area contributed by atoms with Crippen molar-refractivity contribution < 1.29 is 9.50 Å². The van der Waals surface area contributed by atoms with E-state index in [-0.39, 0.29) is 11.6 Å². The highest BCUT2D eigenvalue weighted by molar-refractivity contribution is 9.10. The van der Waals surface area contributed by atoms with Crippen molar-refractivity contribution in [2.45, 2.75) is 13.3 Å². The van der Waals surface area contributed by atoms with E-state index in [1.165, 1.54) is 12.1 Å². The van der Waals surface area contributed by atoms with Crippen LogP contribution in [0.15, 0.2) is 52.0 Å². The molecule has 0 radical (unpaired) electrons. The van der Waals surface area contributed by atoms with Crippen LogP contribution in [0.1, 0.15) is 18.9 Å². The summed E-state index contributed by atoms with van der Waals surface area (Å²) in [7, 11) is 0. The van der Waals surface area contributed by atoms with Crippen LogP contribution in [0.3, 0.4) is 0 Å². The highest BCUT2D eigenvalue weighted by Crippen LogP contribution is 2.24. The second-order valence-electron chi connectivity index (χ2n) is 4.19. The van der Waals surface area contributed by atoms with Crippen molar-refractivity contribution in [2.24, 2.45) is 5.10 Å². The molecular weight excluding hydrogens is 323 g/mol. The zero-order valence-corrected chi connectivity index (χ0v) is 12.5. The lowest BCUT2D eigenvalue weighted by Gasteiger charge is -2.08. The molecule has 20 heavy (non-hydrogen) atoms. The van der Waals surface area contributed by atoms with Crippen LogP contribution < -0.4 is 5.43 Å². The van der Waals surface area contributed by atoms with E-state index in [2.05, 4.69) is 26.5 Å². The van der Waals surface area contributed by atoms with Gasteiger partial charge in [-0.3, -0.25) is 5.43 Å². The van der Waals surface area contributed by atoms with E-state index in [0.29, 0.717) is 17.7 Å². The number of hydrazone groups is 1. The summed E-state index contributed by atoms with van der Waals surface area (Å²) in [6.07, 6.45) is 0.656. The summed E-state index contributed by atoms with van der Waals surface area (Å²) in [6, 6.07) is 11.2. The third-order valence-corrected chi connectivity index (χ3v) is 3.26. The van der Waals surface area contributed by atoms with E-state index < -0.39 is 0 Å². The lowest BCUT2D eigenvalue weighted by Crippen LogP contribution is -2.03. The second-order valence-corrected chi connectivity index (χ2v) is 5.11. The number of aromatic hydroxyl groups is 1. The Labute approximate surface area is 125 Å². The molecule has 0 atom stereocenters. The van der Waals surface area contributed by atoms with Crippen LogP contribution >= 0.6 is 15.9 Å². The first-order valence-electron chi connectivity index (χ1n) is 6.17. The fraction of sp³-hybridized carbons (Fsp3) is 0.133. The standard InChI is InChI=1S/C15H14BrFN2O/c1-2-14(13-8-3-10(16)9-15(13)20)19-18-12-6-4-11(17)5-7-12/h3-9,18,20H,2H2,1H3/b19-14-. The van der Waals surface area contributed by atoms with Crippen molar-refractivity contribution in [1.29, 1.82) is 0 Å². The van der Waals surface area contributed by atoms with Crippen molar-refractivity contribution in [3.8, 4) is 5.75 Å². The number of benzene rings is 2. The molecule has 0 fully saturated rings. The van der Waals surface area contributed by atoms with Gasteiger partial charge in [0, 0.05) is 10.0 Å². The molecule has 0 aromatic heterocycles. The maximum Gasteiger partial charge on any atom is 0.125 e. The molecule has 2 rings (SSSR count). The van der Waals surface area contributed by atoms with Gasteiger partial charge < -0.3 is 5.11 Å². The number of phenolic OH excluding ortho intramolecular Hbond substituents is 1. The minimum Gasteiger partial charge on any atom is -0.507 e. The third kappa shape index (κ3) is 3.57. The molecule has 0 aliphatic heterocycles. The minimum atomic E-state index is -0.291. The Bertz CT molecular complexity index is 626. The highest BCUT2D eigenvalue weighted by atomic mass is 79.9. The fourth-order valence-electron chi connectivity index (χ4n) is 1.74. The Morgan fingerprint density at radius 2 is 1.95 bits per heavy atom. The predicted octanol–water partition coefficient (Wildman–Crippen LogP) is 4.52. The van der Waals surface area contributed by atoms with E-state index in [4.69, 9.17) is 0 Å². The number of hydrogen-bond acceptors (Lipinski definition) is 3. The van der Waals surface area contributed by atoms with E-state index in [1.807, 2.05) is 13.0 Å². The average molecular weight is 337 g/mol. The number of hydrogen-bond donors (Lipinski definition) is 2. The van der Waals surface area contributed by atoms with Crippen LogP contribution in [0.4, 0.5) is 10.1 Å². The average Bonchev–Trinajstić information content (AvgIpc) is 2.43. The lowest BCUT2D eigenvalue weighted by molar-refractivity contribution is 0.473. The van der Waals surface area contributed by atoms with Crippen LogP contribution in [-0.4, -0.2) is 10.8 Å². The van der Waals surface area contributed by atoms with Gasteiger partial charge in [0.05, 0.1) is 11.4 Å². The molecule has 0 amide bonds. The molecule has 0 spiro atoms. The largest absolute Gasteiger partial charge is 0.507 e. The first-order chi connectivity index (χ1) is 9.60.